The number of hydrogen-bond donors (Lipinski definition) is 1. The number of anilines is 1. The van der Waals surface area contributed by atoms with Crippen molar-refractivity contribution in [3.63, 3.8) is 0 Å². The number of ether oxygens (including phenoxy) is 2. The minimum absolute atomic E-state index is 0.0319. The molecule has 0 saturated heterocycles. The SMILES string of the molecule is CCOc1ccc(NC(=O)Cn2nnc(-c3ccc(OCC(C)C)cc3)n2)cc1. The van der Waals surface area contributed by atoms with Gasteiger partial charge in [0.15, 0.2) is 0 Å². The fraction of sp³-hybridized carbons (Fsp3) is 0.333. The first-order valence-electron chi connectivity index (χ1n) is 9.57. The molecule has 2 aromatic carbocycles. The van der Waals surface area contributed by atoms with Crippen LogP contribution in [0.2, 0.25) is 0 Å². The Kier molecular flexibility index (Phi) is 6.78. The average molecular weight is 395 g/mol. The molecule has 0 atom stereocenters. The second-order valence-electron chi connectivity index (χ2n) is 6.88. The molecule has 1 amide bonds. The van der Waals surface area contributed by atoms with E-state index < -0.39 is 0 Å². The summed E-state index contributed by atoms with van der Waals surface area (Å²) in [5.74, 6) is 2.23. The number of hydrogen-bond acceptors (Lipinski definition) is 6. The first kappa shape index (κ1) is 20.3. The van der Waals surface area contributed by atoms with Gasteiger partial charge >= 0.3 is 0 Å². The molecule has 1 aromatic heterocycles. The fourth-order valence-electron chi connectivity index (χ4n) is 2.52. The lowest BCUT2D eigenvalue weighted by Crippen LogP contribution is -2.20. The van der Waals surface area contributed by atoms with Crippen molar-refractivity contribution in [3.8, 4) is 22.9 Å². The van der Waals surface area contributed by atoms with E-state index in [-0.39, 0.29) is 12.5 Å². The Morgan fingerprint density at radius 1 is 1.03 bits per heavy atom. The molecule has 8 heteroatoms. The van der Waals surface area contributed by atoms with Crippen LogP contribution in [-0.4, -0.2) is 39.3 Å². The van der Waals surface area contributed by atoms with Crippen molar-refractivity contribution in [2.24, 2.45) is 5.92 Å². The minimum Gasteiger partial charge on any atom is -0.494 e. The van der Waals surface area contributed by atoms with Crippen LogP contribution in [0.3, 0.4) is 0 Å². The molecule has 0 aliphatic rings. The average Bonchev–Trinajstić information content (AvgIpc) is 3.17. The van der Waals surface area contributed by atoms with E-state index in [4.69, 9.17) is 9.47 Å². The maximum absolute atomic E-state index is 12.2. The molecule has 0 spiro atoms. The van der Waals surface area contributed by atoms with Gasteiger partial charge in [0.1, 0.15) is 18.0 Å². The van der Waals surface area contributed by atoms with Crippen LogP contribution in [0, 0.1) is 5.92 Å². The number of carbonyl (C=O) groups is 1. The standard InChI is InChI=1S/C21H25N5O3/c1-4-28-18-11-7-17(8-12-18)22-20(27)13-26-24-21(23-25-26)16-5-9-19(10-6-16)29-14-15(2)3/h5-12,15H,4,13-14H2,1-3H3,(H,22,27). The van der Waals surface area contributed by atoms with Gasteiger partial charge in [-0.2, -0.15) is 4.80 Å². The zero-order valence-electron chi connectivity index (χ0n) is 16.8. The zero-order valence-corrected chi connectivity index (χ0v) is 16.8. The summed E-state index contributed by atoms with van der Waals surface area (Å²) in [5, 5.41) is 15.1. The van der Waals surface area contributed by atoms with Crippen LogP contribution in [0.4, 0.5) is 5.69 Å². The van der Waals surface area contributed by atoms with Crippen molar-refractivity contribution in [3.05, 3.63) is 48.5 Å². The number of tetrazole rings is 1. The van der Waals surface area contributed by atoms with Crippen LogP contribution < -0.4 is 14.8 Å². The van der Waals surface area contributed by atoms with E-state index in [9.17, 15) is 4.79 Å². The molecular formula is C21H25N5O3. The molecule has 1 heterocycles. The van der Waals surface area contributed by atoms with Gasteiger partial charge in [0.25, 0.3) is 0 Å². The van der Waals surface area contributed by atoms with Crippen molar-refractivity contribution < 1.29 is 14.3 Å². The fourth-order valence-corrected chi connectivity index (χ4v) is 2.52. The quantitative estimate of drug-likeness (QED) is 0.597. The Balaban J connectivity index is 1.56. The van der Waals surface area contributed by atoms with Gasteiger partial charge in [-0.3, -0.25) is 4.79 Å². The number of rotatable bonds is 9. The first-order valence-corrected chi connectivity index (χ1v) is 9.57. The Morgan fingerprint density at radius 2 is 1.69 bits per heavy atom. The number of aromatic nitrogens is 4. The van der Waals surface area contributed by atoms with E-state index in [1.807, 2.05) is 31.2 Å². The summed E-state index contributed by atoms with van der Waals surface area (Å²) in [6.07, 6.45) is 0. The number of carbonyl (C=O) groups excluding carboxylic acids is 1. The van der Waals surface area contributed by atoms with Crippen LogP contribution in [0.5, 0.6) is 11.5 Å². The summed E-state index contributed by atoms with van der Waals surface area (Å²) in [7, 11) is 0. The third-order valence-corrected chi connectivity index (χ3v) is 3.88. The summed E-state index contributed by atoms with van der Waals surface area (Å²) in [4.78, 5) is 13.5. The Labute approximate surface area is 169 Å². The highest BCUT2D eigenvalue weighted by Crippen LogP contribution is 2.19. The minimum atomic E-state index is -0.240. The van der Waals surface area contributed by atoms with E-state index in [1.54, 1.807) is 24.3 Å². The molecular weight excluding hydrogens is 370 g/mol. The highest BCUT2D eigenvalue weighted by atomic mass is 16.5. The lowest BCUT2D eigenvalue weighted by Gasteiger charge is -2.08. The highest BCUT2D eigenvalue weighted by Gasteiger charge is 2.10. The van der Waals surface area contributed by atoms with Gasteiger partial charge in [-0.15, -0.1) is 10.2 Å². The number of benzene rings is 2. The zero-order chi connectivity index (χ0) is 20.6. The molecule has 0 fully saturated rings. The molecule has 0 unspecified atom stereocenters. The predicted octanol–water partition coefficient (Wildman–Crippen LogP) is 3.41. The van der Waals surface area contributed by atoms with Gasteiger partial charge in [0.2, 0.25) is 11.7 Å². The van der Waals surface area contributed by atoms with Crippen LogP contribution in [0.1, 0.15) is 20.8 Å². The van der Waals surface area contributed by atoms with Crippen molar-refractivity contribution in [1.82, 2.24) is 20.2 Å². The van der Waals surface area contributed by atoms with Gasteiger partial charge in [0.05, 0.1) is 13.2 Å². The van der Waals surface area contributed by atoms with Crippen LogP contribution in [0.25, 0.3) is 11.4 Å². The summed E-state index contributed by atoms with van der Waals surface area (Å²) < 4.78 is 11.1. The molecule has 0 bridgehead atoms. The normalized spacial score (nSPS) is 10.8. The first-order chi connectivity index (χ1) is 14.0. The van der Waals surface area contributed by atoms with Gasteiger partial charge in [0, 0.05) is 11.3 Å². The van der Waals surface area contributed by atoms with E-state index in [0.29, 0.717) is 30.6 Å². The molecule has 8 nitrogen and oxygen atoms in total. The lowest BCUT2D eigenvalue weighted by atomic mass is 10.2. The van der Waals surface area contributed by atoms with Gasteiger partial charge in [-0.1, -0.05) is 13.8 Å². The Bertz CT molecular complexity index is 920. The van der Waals surface area contributed by atoms with Crippen LogP contribution in [-0.2, 0) is 11.3 Å². The van der Waals surface area contributed by atoms with Crippen LogP contribution in [0.15, 0.2) is 48.5 Å². The third kappa shape index (κ3) is 6.03. The molecule has 3 rings (SSSR count). The predicted molar refractivity (Wildman–Crippen MR) is 110 cm³/mol. The summed E-state index contributed by atoms with van der Waals surface area (Å²) in [6.45, 7) is 7.35. The highest BCUT2D eigenvalue weighted by molar-refractivity contribution is 5.90. The molecule has 0 radical (unpaired) electrons. The number of nitrogens with zero attached hydrogens (tertiary/aromatic N) is 4. The number of nitrogens with one attached hydrogen (secondary N) is 1. The molecule has 0 aliphatic carbocycles. The monoisotopic (exact) mass is 395 g/mol. The molecule has 0 saturated carbocycles. The topological polar surface area (TPSA) is 91.2 Å². The lowest BCUT2D eigenvalue weighted by molar-refractivity contribution is -0.117. The maximum atomic E-state index is 12.2. The molecule has 3 aromatic rings. The van der Waals surface area contributed by atoms with E-state index in [0.717, 1.165) is 17.1 Å². The molecule has 152 valence electrons. The maximum Gasteiger partial charge on any atom is 0.248 e. The molecule has 1 N–H and O–H groups in total. The van der Waals surface area contributed by atoms with Gasteiger partial charge in [-0.25, -0.2) is 0 Å². The van der Waals surface area contributed by atoms with Crippen molar-refractivity contribution >= 4 is 11.6 Å². The Morgan fingerprint density at radius 3 is 2.34 bits per heavy atom. The van der Waals surface area contributed by atoms with Crippen molar-refractivity contribution in [1.29, 1.82) is 0 Å². The van der Waals surface area contributed by atoms with Crippen molar-refractivity contribution in [2.75, 3.05) is 18.5 Å². The second kappa shape index (κ2) is 9.68. The van der Waals surface area contributed by atoms with E-state index >= 15 is 0 Å². The van der Waals surface area contributed by atoms with Gasteiger partial charge in [-0.05, 0) is 66.6 Å². The number of amides is 1. The third-order valence-electron chi connectivity index (χ3n) is 3.88. The molecule has 0 aliphatic heterocycles. The second-order valence-corrected chi connectivity index (χ2v) is 6.88. The van der Waals surface area contributed by atoms with Crippen molar-refractivity contribution in [2.45, 2.75) is 27.3 Å². The van der Waals surface area contributed by atoms with E-state index in [2.05, 4.69) is 34.6 Å². The van der Waals surface area contributed by atoms with Gasteiger partial charge < -0.3 is 14.8 Å². The van der Waals surface area contributed by atoms with E-state index in [1.165, 1.54) is 4.80 Å². The smallest absolute Gasteiger partial charge is 0.248 e. The molecule has 29 heavy (non-hydrogen) atoms. The Hall–Kier alpha value is -3.42. The summed E-state index contributed by atoms with van der Waals surface area (Å²) in [6, 6.07) is 14.7. The summed E-state index contributed by atoms with van der Waals surface area (Å²) >= 11 is 0. The van der Waals surface area contributed by atoms with Crippen LogP contribution >= 0.6 is 0 Å². The largest absolute Gasteiger partial charge is 0.494 e. The summed E-state index contributed by atoms with van der Waals surface area (Å²) in [5.41, 5.74) is 1.48.